The van der Waals surface area contributed by atoms with Crippen molar-refractivity contribution in [3.63, 3.8) is 0 Å². The maximum Gasteiger partial charge on any atom is 0.243 e. The molecule has 27 heavy (non-hydrogen) atoms. The molecule has 0 bridgehead atoms. The van der Waals surface area contributed by atoms with Crippen LogP contribution in [0.3, 0.4) is 0 Å². The fourth-order valence-corrected chi connectivity index (χ4v) is 4.76. The molecule has 0 saturated carbocycles. The zero-order chi connectivity index (χ0) is 19.3. The van der Waals surface area contributed by atoms with Gasteiger partial charge < -0.3 is 14.6 Å². The predicted octanol–water partition coefficient (Wildman–Crippen LogP) is 1.88. The van der Waals surface area contributed by atoms with Gasteiger partial charge in [-0.3, -0.25) is 4.79 Å². The van der Waals surface area contributed by atoms with Crippen LogP contribution in [0, 0.1) is 6.92 Å². The average molecular weight is 412 g/mol. The van der Waals surface area contributed by atoms with Crippen LogP contribution in [-0.4, -0.2) is 55.8 Å². The van der Waals surface area contributed by atoms with Gasteiger partial charge in [0.25, 0.3) is 0 Å². The highest BCUT2D eigenvalue weighted by Crippen LogP contribution is 2.21. The van der Waals surface area contributed by atoms with Crippen LogP contribution in [0.4, 0.5) is 5.69 Å². The van der Waals surface area contributed by atoms with Gasteiger partial charge in [0.15, 0.2) is 0 Å². The summed E-state index contributed by atoms with van der Waals surface area (Å²) in [4.78, 5) is 12.3. The average Bonchev–Trinajstić information content (AvgIpc) is 3.08. The third-order valence-electron chi connectivity index (χ3n) is 3.89. The van der Waals surface area contributed by atoms with Gasteiger partial charge in [-0.1, -0.05) is 11.2 Å². The highest BCUT2D eigenvalue weighted by atomic mass is 32.2. The number of morpholine rings is 1. The number of nitrogens with zero attached hydrogens (tertiary/aromatic N) is 2. The first-order valence-corrected chi connectivity index (χ1v) is 11.0. The topological polar surface area (TPSA) is 102 Å². The molecule has 1 amide bonds. The first-order valence-electron chi connectivity index (χ1n) is 8.43. The predicted molar refractivity (Wildman–Crippen MR) is 102 cm³/mol. The highest BCUT2D eigenvalue weighted by molar-refractivity contribution is 7.99. The number of carbonyl (C=O) groups is 1. The molecular weight excluding hydrogens is 390 g/mol. The zero-order valence-corrected chi connectivity index (χ0v) is 16.5. The van der Waals surface area contributed by atoms with Crippen LogP contribution < -0.4 is 5.32 Å². The second-order valence-electron chi connectivity index (χ2n) is 6.01. The molecule has 2 heterocycles. The number of benzene rings is 1. The molecule has 1 aromatic carbocycles. The molecule has 1 aliphatic heterocycles. The van der Waals surface area contributed by atoms with Crippen molar-refractivity contribution in [2.24, 2.45) is 0 Å². The number of sulfonamides is 1. The summed E-state index contributed by atoms with van der Waals surface area (Å²) in [6.45, 7) is 3.25. The van der Waals surface area contributed by atoms with Crippen molar-refractivity contribution in [3.05, 3.63) is 41.8 Å². The van der Waals surface area contributed by atoms with Crippen molar-refractivity contribution < 1.29 is 22.5 Å². The van der Waals surface area contributed by atoms with E-state index in [2.05, 4.69) is 10.5 Å². The van der Waals surface area contributed by atoms with E-state index >= 15 is 0 Å². The van der Waals surface area contributed by atoms with Crippen molar-refractivity contribution in [2.75, 3.05) is 37.4 Å². The number of rotatable bonds is 7. The van der Waals surface area contributed by atoms with Gasteiger partial charge in [0.05, 0.1) is 29.6 Å². The summed E-state index contributed by atoms with van der Waals surface area (Å²) < 4.78 is 37.0. The Morgan fingerprint density at radius 2 is 2.07 bits per heavy atom. The number of aryl methyl sites for hydroxylation is 1. The monoisotopic (exact) mass is 411 g/mol. The highest BCUT2D eigenvalue weighted by Gasteiger charge is 2.26. The van der Waals surface area contributed by atoms with Gasteiger partial charge in [-0.15, -0.1) is 11.8 Å². The molecule has 1 N–H and O–H groups in total. The second-order valence-corrected chi connectivity index (χ2v) is 8.94. The summed E-state index contributed by atoms with van der Waals surface area (Å²) in [6, 6.07) is 8.12. The SMILES string of the molecule is Cc1cc(CSCC(=O)Nc2cccc(S(=O)(=O)N3CCOCC3)c2)no1. The number of amides is 1. The molecule has 2 aromatic rings. The third-order valence-corrected chi connectivity index (χ3v) is 6.75. The molecule has 0 atom stereocenters. The first kappa shape index (κ1) is 19.9. The number of carbonyl (C=O) groups excluding carboxylic acids is 1. The first-order chi connectivity index (χ1) is 12.9. The van der Waals surface area contributed by atoms with Crippen LogP contribution in [0.25, 0.3) is 0 Å². The lowest BCUT2D eigenvalue weighted by molar-refractivity contribution is -0.113. The number of thioether (sulfide) groups is 1. The van der Waals surface area contributed by atoms with Crippen LogP contribution in [0.1, 0.15) is 11.5 Å². The summed E-state index contributed by atoms with van der Waals surface area (Å²) in [5.74, 6) is 1.32. The fraction of sp³-hybridized carbons (Fsp3) is 0.412. The number of hydrogen-bond acceptors (Lipinski definition) is 7. The minimum Gasteiger partial charge on any atom is -0.379 e. The maximum absolute atomic E-state index is 12.7. The van der Waals surface area contributed by atoms with Gasteiger partial charge in [-0.05, 0) is 25.1 Å². The van der Waals surface area contributed by atoms with Gasteiger partial charge in [0, 0.05) is 30.6 Å². The molecule has 8 nitrogen and oxygen atoms in total. The van der Waals surface area contributed by atoms with Crippen LogP contribution in [0.5, 0.6) is 0 Å². The largest absolute Gasteiger partial charge is 0.379 e. The van der Waals surface area contributed by atoms with E-state index in [1.54, 1.807) is 12.1 Å². The van der Waals surface area contributed by atoms with E-state index in [1.165, 1.54) is 28.2 Å². The van der Waals surface area contributed by atoms with Crippen molar-refractivity contribution in [3.8, 4) is 0 Å². The van der Waals surface area contributed by atoms with Crippen molar-refractivity contribution in [2.45, 2.75) is 17.6 Å². The Labute approximate surface area is 162 Å². The summed E-state index contributed by atoms with van der Waals surface area (Å²) in [7, 11) is -3.59. The standard InChI is InChI=1S/C17H21N3O5S2/c1-13-9-15(19-25-13)11-26-12-17(21)18-14-3-2-4-16(10-14)27(22,23)20-5-7-24-8-6-20/h2-4,9-10H,5-8,11-12H2,1H3,(H,18,21). The normalized spacial score (nSPS) is 15.6. The number of anilines is 1. The minimum absolute atomic E-state index is 0.160. The van der Waals surface area contributed by atoms with E-state index in [0.717, 1.165) is 11.5 Å². The molecule has 1 aromatic heterocycles. The molecule has 1 aliphatic rings. The Balaban J connectivity index is 1.57. The Hall–Kier alpha value is -1.88. The van der Waals surface area contributed by atoms with Gasteiger partial charge in [-0.2, -0.15) is 4.31 Å². The molecule has 10 heteroatoms. The summed E-state index contributed by atoms with van der Waals surface area (Å²) >= 11 is 1.40. The number of ether oxygens (including phenoxy) is 1. The summed E-state index contributed by atoms with van der Waals surface area (Å²) in [6.07, 6.45) is 0. The van der Waals surface area contributed by atoms with E-state index in [1.807, 2.05) is 13.0 Å². The molecule has 0 radical (unpaired) electrons. The molecule has 1 fully saturated rings. The van der Waals surface area contributed by atoms with E-state index in [9.17, 15) is 13.2 Å². The minimum atomic E-state index is -3.59. The number of aromatic nitrogens is 1. The summed E-state index contributed by atoms with van der Waals surface area (Å²) in [5.41, 5.74) is 1.23. The Morgan fingerprint density at radius 1 is 1.30 bits per heavy atom. The maximum atomic E-state index is 12.7. The van der Waals surface area contributed by atoms with Gasteiger partial charge >= 0.3 is 0 Å². The number of nitrogens with one attached hydrogen (secondary N) is 1. The van der Waals surface area contributed by atoms with Gasteiger partial charge in [-0.25, -0.2) is 8.42 Å². The van der Waals surface area contributed by atoms with Crippen molar-refractivity contribution >= 4 is 33.4 Å². The van der Waals surface area contributed by atoms with Crippen molar-refractivity contribution in [1.29, 1.82) is 0 Å². The molecule has 0 aliphatic carbocycles. The van der Waals surface area contributed by atoms with Crippen LogP contribution in [0.15, 0.2) is 39.8 Å². The molecule has 0 spiro atoms. The summed E-state index contributed by atoms with van der Waals surface area (Å²) in [5, 5.41) is 6.61. The van der Waals surface area contributed by atoms with E-state index in [4.69, 9.17) is 9.26 Å². The number of hydrogen-bond donors (Lipinski definition) is 1. The van der Waals surface area contributed by atoms with Crippen molar-refractivity contribution in [1.82, 2.24) is 9.46 Å². The Kier molecular flexibility index (Phi) is 6.53. The van der Waals surface area contributed by atoms with Crippen LogP contribution in [0.2, 0.25) is 0 Å². The lowest BCUT2D eigenvalue weighted by Crippen LogP contribution is -2.40. The van der Waals surface area contributed by atoms with Gasteiger partial charge in [0.2, 0.25) is 15.9 Å². The molecule has 146 valence electrons. The van der Waals surface area contributed by atoms with E-state index < -0.39 is 10.0 Å². The van der Waals surface area contributed by atoms with E-state index in [0.29, 0.717) is 37.7 Å². The Morgan fingerprint density at radius 3 is 2.78 bits per heavy atom. The van der Waals surface area contributed by atoms with Crippen LogP contribution in [-0.2, 0) is 25.3 Å². The third kappa shape index (κ3) is 5.32. The lowest BCUT2D eigenvalue weighted by Gasteiger charge is -2.26. The molecule has 1 saturated heterocycles. The smallest absolute Gasteiger partial charge is 0.243 e. The molecular formula is C17H21N3O5S2. The quantitative estimate of drug-likeness (QED) is 0.742. The second kappa shape index (κ2) is 8.87. The molecule has 0 unspecified atom stereocenters. The molecule has 3 rings (SSSR count). The van der Waals surface area contributed by atoms with Crippen LogP contribution >= 0.6 is 11.8 Å². The zero-order valence-electron chi connectivity index (χ0n) is 14.9. The Bertz CT molecular complexity index is 891. The van der Waals surface area contributed by atoms with E-state index in [-0.39, 0.29) is 16.6 Å². The lowest BCUT2D eigenvalue weighted by atomic mass is 10.3. The van der Waals surface area contributed by atoms with Gasteiger partial charge in [0.1, 0.15) is 5.76 Å². The fourth-order valence-electron chi connectivity index (χ4n) is 2.60.